The van der Waals surface area contributed by atoms with Crippen molar-refractivity contribution in [3.8, 4) is 0 Å². The fourth-order valence-corrected chi connectivity index (χ4v) is 3.49. The maximum Gasteiger partial charge on any atom is 0.271 e. The summed E-state index contributed by atoms with van der Waals surface area (Å²) in [5, 5.41) is 12.1. The van der Waals surface area contributed by atoms with Crippen molar-refractivity contribution in [1.82, 2.24) is 29.9 Å². The number of pyridine rings is 1. The zero-order valence-corrected chi connectivity index (χ0v) is 13.9. The van der Waals surface area contributed by atoms with E-state index in [-0.39, 0.29) is 11.8 Å². The van der Waals surface area contributed by atoms with Crippen LogP contribution in [0.2, 0.25) is 0 Å². The molecule has 1 saturated heterocycles. The van der Waals surface area contributed by atoms with E-state index in [1.54, 1.807) is 12.3 Å². The van der Waals surface area contributed by atoms with Gasteiger partial charge in [-0.05, 0) is 38.0 Å². The molecule has 1 atom stereocenters. The molecule has 24 heavy (non-hydrogen) atoms. The molecule has 4 rings (SSSR count). The Balaban J connectivity index is 1.60. The van der Waals surface area contributed by atoms with Crippen LogP contribution in [-0.4, -0.2) is 48.9 Å². The number of rotatable bonds is 2. The van der Waals surface area contributed by atoms with Crippen LogP contribution < -0.4 is 0 Å². The Labute approximate surface area is 139 Å². The van der Waals surface area contributed by atoms with Gasteiger partial charge in [0.2, 0.25) is 0 Å². The van der Waals surface area contributed by atoms with Gasteiger partial charge in [0.05, 0.1) is 5.69 Å². The molecule has 7 heteroatoms. The molecule has 0 aliphatic carbocycles. The molecule has 1 aliphatic heterocycles. The summed E-state index contributed by atoms with van der Waals surface area (Å²) < 4.78 is 1.82. The monoisotopic (exact) mass is 324 g/mol. The number of hydrogen-bond acceptors (Lipinski definition) is 4. The maximum absolute atomic E-state index is 12.5. The highest BCUT2D eigenvalue weighted by atomic mass is 16.2. The van der Waals surface area contributed by atoms with Crippen LogP contribution in [-0.2, 0) is 7.05 Å². The summed E-state index contributed by atoms with van der Waals surface area (Å²) in [6.45, 7) is 3.46. The van der Waals surface area contributed by atoms with Gasteiger partial charge in [0, 0.05) is 43.3 Å². The Kier molecular flexibility index (Phi) is 3.55. The Bertz CT molecular complexity index is 882. The summed E-state index contributed by atoms with van der Waals surface area (Å²) in [5.74, 6) is 0.264. The first-order valence-electron chi connectivity index (χ1n) is 8.22. The first-order chi connectivity index (χ1) is 11.6. The second kappa shape index (κ2) is 5.74. The Morgan fingerprint density at radius 3 is 3.00 bits per heavy atom. The number of hydrogen-bond donors (Lipinski definition) is 1. The van der Waals surface area contributed by atoms with Gasteiger partial charge in [0.25, 0.3) is 5.91 Å². The van der Waals surface area contributed by atoms with E-state index >= 15 is 0 Å². The van der Waals surface area contributed by atoms with E-state index in [0.29, 0.717) is 12.2 Å². The number of carbonyl (C=O) groups excluding carboxylic acids is 1. The molecule has 0 unspecified atom stereocenters. The van der Waals surface area contributed by atoms with Crippen LogP contribution in [0, 0.1) is 6.92 Å². The van der Waals surface area contributed by atoms with Crippen LogP contribution in [0.1, 0.15) is 40.6 Å². The van der Waals surface area contributed by atoms with Crippen molar-refractivity contribution >= 4 is 16.9 Å². The van der Waals surface area contributed by atoms with Gasteiger partial charge in [-0.1, -0.05) is 0 Å². The quantitative estimate of drug-likeness (QED) is 0.782. The van der Waals surface area contributed by atoms with Gasteiger partial charge < -0.3 is 4.90 Å². The highest BCUT2D eigenvalue weighted by molar-refractivity contribution is 5.92. The molecule has 0 aromatic carbocycles. The molecule has 7 nitrogen and oxygen atoms in total. The van der Waals surface area contributed by atoms with Gasteiger partial charge >= 0.3 is 0 Å². The third-order valence-corrected chi connectivity index (χ3v) is 4.75. The predicted molar refractivity (Wildman–Crippen MR) is 89.7 cm³/mol. The minimum absolute atomic E-state index is 0.00894. The summed E-state index contributed by atoms with van der Waals surface area (Å²) in [5.41, 5.74) is 3.47. The van der Waals surface area contributed by atoms with Crippen LogP contribution in [0.25, 0.3) is 11.0 Å². The summed E-state index contributed by atoms with van der Waals surface area (Å²) in [6, 6.07) is 5.89. The molecule has 1 aliphatic rings. The van der Waals surface area contributed by atoms with Crippen LogP contribution in [0.4, 0.5) is 0 Å². The summed E-state index contributed by atoms with van der Waals surface area (Å²) >= 11 is 0. The number of nitrogens with zero attached hydrogens (tertiary/aromatic N) is 5. The number of aromatic amines is 1. The van der Waals surface area contributed by atoms with E-state index in [9.17, 15) is 4.79 Å². The van der Waals surface area contributed by atoms with Crippen molar-refractivity contribution in [2.45, 2.75) is 25.7 Å². The van der Waals surface area contributed by atoms with Crippen molar-refractivity contribution in [2.24, 2.45) is 7.05 Å². The SMILES string of the molecule is Cc1nn(C)c2nc([C@@H]3CCCN(C(=O)c4ccn[nH]4)C3)ccc12. The summed E-state index contributed by atoms with van der Waals surface area (Å²) in [4.78, 5) is 19.2. The van der Waals surface area contributed by atoms with Gasteiger partial charge in [-0.15, -0.1) is 0 Å². The minimum Gasteiger partial charge on any atom is -0.337 e. The fraction of sp³-hybridized carbons (Fsp3) is 0.412. The molecule has 0 spiro atoms. The molecule has 3 aromatic heterocycles. The molecular weight excluding hydrogens is 304 g/mol. The lowest BCUT2D eigenvalue weighted by molar-refractivity contribution is 0.0700. The summed E-state index contributed by atoms with van der Waals surface area (Å²) in [6.07, 6.45) is 3.63. The zero-order valence-electron chi connectivity index (χ0n) is 13.9. The molecule has 1 N–H and O–H groups in total. The fourth-order valence-electron chi connectivity index (χ4n) is 3.49. The lowest BCUT2D eigenvalue weighted by Gasteiger charge is -2.32. The predicted octanol–water partition coefficient (Wildman–Crippen LogP) is 2.02. The second-order valence-corrected chi connectivity index (χ2v) is 6.38. The largest absolute Gasteiger partial charge is 0.337 e. The van der Waals surface area contributed by atoms with Crippen molar-refractivity contribution in [1.29, 1.82) is 0 Å². The van der Waals surface area contributed by atoms with Gasteiger partial charge in [0.15, 0.2) is 5.65 Å². The number of aromatic nitrogens is 5. The second-order valence-electron chi connectivity index (χ2n) is 6.38. The van der Waals surface area contributed by atoms with Crippen molar-refractivity contribution < 1.29 is 4.79 Å². The van der Waals surface area contributed by atoms with Gasteiger partial charge in [-0.3, -0.25) is 14.6 Å². The zero-order chi connectivity index (χ0) is 16.7. The van der Waals surface area contributed by atoms with Crippen molar-refractivity contribution in [3.63, 3.8) is 0 Å². The van der Waals surface area contributed by atoms with Gasteiger partial charge in [-0.2, -0.15) is 10.2 Å². The maximum atomic E-state index is 12.5. The first-order valence-corrected chi connectivity index (χ1v) is 8.22. The third kappa shape index (κ3) is 2.46. The number of likely N-dealkylation sites (tertiary alicyclic amines) is 1. The van der Waals surface area contributed by atoms with E-state index in [4.69, 9.17) is 4.98 Å². The molecule has 124 valence electrons. The van der Waals surface area contributed by atoms with E-state index in [0.717, 1.165) is 41.8 Å². The van der Waals surface area contributed by atoms with Gasteiger partial charge in [0.1, 0.15) is 5.69 Å². The average Bonchev–Trinajstić information content (AvgIpc) is 3.23. The van der Waals surface area contributed by atoms with Gasteiger partial charge in [-0.25, -0.2) is 4.98 Å². The number of amides is 1. The number of fused-ring (bicyclic) bond motifs is 1. The van der Waals surface area contributed by atoms with Crippen molar-refractivity contribution in [2.75, 3.05) is 13.1 Å². The molecular formula is C17H20N6O. The topological polar surface area (TPSA) is 79.7 Å². The molecule has 4 heterocycles. The number of piperidine rings is 1. The van der Waals surface area contributed by atoms with Crippen molar-refractivity contribution in [3.05, 3.63) is 41.5 Å². The number of H-pyrrole nitrogens is 1. The Morgan fingerprint density at radius 1 is 1.33 bits per heavy atom. The number of nitrogens with one attached hydrogen (secondary N) is 1. The molecule has 0 radical (unpaired) electrons. The molecule has 0 bridgehead atoms. The number of aryl methyl sites for hydroxylation is 2. The number of carbonyl (C=O) groups is 1. The lowest BCUT2D eigenvalue weighted by Crippen LogP contribution is -2.39. The van der Waals surface area contributed by atoms with Crippen LogP contribution >= 0.6 is 0 Å². The highest BCUT2D eigenvalue weighted by Gasteiger charge is 2.27. The Morgan fingerprint density at radius 2 is 2.21 bits per heavy atom. The summed E-state index contributed by atoms with van der Waals surface area (Å²) in [7, 11) is 1.92. The van der Waals surface area contributed by atoms with Crippen LogP contribution in [0.3, 0.4) is 0 Å². The van der Waals surface area contributed by atoms with E-state index in [1.165, 1.54) is 0 Å². The minimum atomic E-state index is 0.00894. The highest BCUT2D eigenvalue weighted by Crippen LogP contribution is 2.28. The van der Waals surface area contributed by atoms with E-state index in [1.807, 2.05) is 23.6 Å². The van der Waals surface area contributed by atoms with Crippen LogP contribution in [0.5, 0.6) is 0 Å². The third-order valence-electron chi connectivity index (χ3n) is 4.75. The first kappa shape index (κ1) is 14.9. The molecule has 1 amide bonds. The molecule has 1 fully saturated rings. The average molecular weight is 324 g/mol. The smallest absolute Gasteiger partial charge is 0.271 e. The molecule has 3 aromatic rings. The van der Waals surface area contributed by atoms with Crippen LogP contribution in [0.15, 0.2) is 24.4 Å². The van der Waals surface area contributed by atoms with E-state index in [2.05, 4.69) is 27.4 Å². The Hall–Kier alpha value is -2.70. The normalized spacial score (nSPS) is 18.2. The lowest BCUT2D eigenvalue weighted by atomic mass is 9.94. The van der Waals surface area contributed by atoms with E-state index < -0.39 is 0 Å². The molecule has 0 saturated carbocycles. The standard InChI is InChI=1S/C17H20N6O/c1-11-13-5-6-14(19-16(13)22(2)21-11)12-4-3-9-23(10-12)17(24)15-7-8-18-20-15/h5-8,12H,3-4,9-10H2,1-2H3,(H,18,20)/t12-/m1/s1.